The van der Waals surface area contributed by atoms with Gasteiger partial charge in [-0.2, -0.15) is 5.10 Å². The van der Waals surface area contributed by atoms with Crippen molar-refractivity contribution in [2.24, 2.45) is 0 Å². The Hall–Kier alpha value is -1.62. The van der Waals surface area contributed by atoms with Crippen molar-refractivity contribution < 1.29 is 4.42 Å². The summed E-state index contributed by atoms with van der Waals surface area (Å²) in [6.07, 6.45) is 3.16. The van der Waals surface area contributed by atoms with Gasteiger partial charge in [0.15, 0.2) is 0 Å². The molecule has 0 saturated heterocycles. The lowest BCUT2D eigenvalue weighted by atomic mass is 10.2. The Kier molecular flexibility index (Phi) is 2.60. The minimum Gasteiger partial charge on any atom is -0.468 e. The topological polar surface area (TPSA) is 66.7 Å². The Morgan fingerprint density at radius 2 is 2.57 bits per heavy atom. The first-order valence-corrected chi connectivity index (χ1v) is 4.47. The largest absolute Gasteiger partial charge is 0.468 e. The number of hydrogen-bond acceptors (Lipinski definition) is 4. The van der Waals surface area contributed by atoms with Gasteiger partial charge in [0.05, 0.1) is 18.8 Å². The van der Waals surface area contributed by atoms with E-state index in [9.17, 15) is 0 Å². The van der Waals surface area contributed by atoms with Gasteiger partial charge >= 0.3 is 0 Å². The number of H-pyrrole nitrogens is 1. The van der Waals surface area contributed by atoms with Crippen LogP contribution in [0.25, 0.3) is 0 Å². The predicted octanol–water partition coefficient (Wildman–Crippen LogP) is 1.25. The first-order chi connectivity index (χ1) is 6.86. The number of aromatic amines is 1. The Morgan fingerprint density at radius 3 is 3.21 bits per heavy atom. The fourth-order valence-electron chi connectivity index (χ4n) is 1.20. The van der Waals surface area contributed by atoms with E-state index in [1.807, 2.05) is 19.1 Å². The van der Waals surface area contributed by atoms with Gasteiger partial charge in [-0.3, -0.25) is 5.10 Å². The van der Waals surface area contributed by atoms with Gasteiger partial charge < -0.3 is 9.73 Å². The zero-order chi connectivity index (χ0) is 9.80. The third-order valence-corrected chi connectivity index (χ3v) is 2.01. The van der Waals surface area contributed by atoms with Gasteiger partial charge in [-0.25, -0.2) is 4.98 Å². The van der Waals surface area contributed by atoms with E-state index in [2.05, 4.69) is 20.5 Å². The molecular weight excluding hydrogens is 180 g/mol. The fraction of sp³-hybridized carbons (Fsp3) is 0.333. The summed E-state index contributed by atoms with van der Waals surface area (Å²) >= 11 is 0. The second kappa shape index (κ2) is 4.06. The Morgan fingerprint density at radius 1 is 1.64 bits per heavy atom. The molecule has 0 aliphatic carbocycles. The first-order valence-electron chi connectivity index (χ1n) is 4.47. The van der Waals surface area contributed by atoms with Crippen molar-refractivity contribution >= 4 is 0 Å². The van der Waals surface area contributed by atoms with E-state index in [1.165, 1.54) is 6.33 Å². The number of rotatable bonds is 4. The quantitative estimate of drug-likeness (QED) is 0.765. The molecule has 1 atom stereocenters. The molecule has 5 nitrogen and oxygen atoms in total. The van der Waals surface area contributed by atoms with Crippen LogP contribution >= 0.6 is 0 Å². The lowest BCUT2D eigenvalue weighted by Crippen LogP contribution is -2.18. The summed E-state index contributed by atoms with van der Waals surface area (Å²) in [6.45, 7) is 2.69. The van der Waals surface area contributed by atoms with E-state index < -0.39 is 0 Å². The van der Waals surface area contributed by atoms with Gasteiger partial charge in [0.2, 0.25) is 0 Å². The highest BCUT2D eigenvalue weighted by molar-refractivity contribution is 5.03. The van der Waals surface area contributed by atoms with E-state index in [-0.39, 0.29) is 6.04 Å². The molecule has 5 heteroatoms. The molecule has 2 N–H and O–H groups in total. The molecule has 0 radical (unpaired) electrons. The number of hydrogen-bond donors (Lipinski definition) is 2. The number of aromatic nitrogens is 3. The third-order valence-electron chi connectivity index (χ3n) is 2.01. The monoisotopic (exact) mass is 192 g/mol. The van der Waals surface area contributed by atoms with Crippen molar-refractivity contribution in [3.05, 3.63) is 36.3 Å². The highest BCUT2D eigenvalue weighted by Gasteiger charge is 2.07. The van der Waals surface area contributed by atoms with Crippen LogP contribution in [0.15, 0.2) is 29.1 Å². The molecule has 74 valence electrons. The maximum atomic E-state index is 5.26. The molecule has 0 amide bonds. The highest BCUT2D eigenvalue weighted by Crippen LogP contribution is 2.12. The standard InChI is InChI=1S/C9H12N4O/c1-7(8-3-2-4-14-8)10-5-9-11-6-12-13-9/h2-4,6-7,10H,5H2,1H3,(H,11,12,13). The van der Waals surface area contributed by atoms with Crippen molar-refractivity contribution in [3.8, 4) is 0 Å². The summed E-state index contributed by atoms with van der Waals surface area (Å²) in [5.74, 6) is 1.74. The van der Waals surface area contributed by atoms with Crippen LogP contribution in [0.3, 0.4) is 0 Å². The lowest BCUT2D eigenvalue weighted by Gasteiger charge is -2.08. The van der Waals surface area contributed by atoms with E-state index in [1.54, 1.807) is 6.26 Å². The van der Waals surface area contributed by atoms with E-state index in [0.717, 1.165) is 11.6 Å². The zero-order valence-electron chi connectivity index (χ0n) is 7.90. The average molecular weight is 192 g/mol. The second-order valence-electron chi connectivity index (χ2n) is 3.05. The lowest BCUT2D eigenvalue weighted by molar-refractivity contribution is 0.427. The van der Waals surface area contributed by atoms with E-state index >= 15 is 0 Å². The number of furan rings is 1. The van der Waals surface area contributed by atoms with Crippen LogP contribution in [0, 0.1) is 0 Å². The molecule has 0 aliphatic heterocycles. The summed E-state index contributed by atoms with van der Waals surface area (Å²) in [7, 11) is 0. The second-order valence-corrected chi connectivity index (χ2v) is 3.05. The van der Waals surface area contributed by atoms with Gasteiger partial charge in [0.1, 0.15) is 17.9 Å². The average Bonchev–Trinajstić information content (AvgIpc) is 2.87. The fourth-order valence-corrected chi connectivity index (χ4v) is 1.20. The molecule has 0 spiro atoms. The van der Waals surface area contributed by atoms with Gasteiger partial charge in [0.25, 0.3) is 0 Å². The SMILES string of the molecule is CC(NCc1ncn[nH]1)c1ccco1. The first kappa shape index (κ1) is 8.96. The van der Waals surface area contributed by atoms with E-state index in [0.29, 0.717) is 6.54 Å². The molecule has 2 aromatic rings. The van der Waals surface area contributed by atoms with Crippen LogP contribution in [0.5, 0.6) is 0 Å². The van der Waals surface area contributed by atoms with Crippen LogP contribution in [0.2, 0.25) is 0 Å². The Labute approximate surface area is 81.5 Å². The molecule has 0 saturated carbocycles. The summed E-state index contributed by atoms with van der Waals surface area (Å²) < 4.78 is 5.26. The summed E-state index contributed by atoms with van der Waals surface area (Å²) in [5.41, 5.74) is 0. The number of nitrogens with zero attached hydrogens (tertiary/aromatic N) is 2. The molecule has 1 unspecified atom stereocenters. The molecule has 0 aliphatic rings. The van der Waals surface area contributed by atoms with Crippen LogP contribution in [0.1, 0.15) is 24.6 Å². The van der Waals surface area contributed by atoms with Gasteiger partial charge in [0, 0.05) is 0 Å². The van der Waals surface area contributed by atoms with Gasteiger partial charge in [-0.15, -0.1) is 0 Å². The number of nitrogens with one attached hydrogen (secondary N) is 2. The minimum atomic E-state index is 0.176. The van der Waals surface area contributed by atoms with Crippen molar-refractivity contribution in [1.82, 2.24) is 20.5 Å². The molecule has 0 bridgehead atoms. The van der Waals surface area contributed by atoms with E-state index in [4.69, 9.17) is 4.42 Å². The highest BCUT2D eigenvalue weighted by atomic mass is 16.3. The van der Waals surface area contributed by atoms with Crippen LogP contribution in [-0.4, -0.2) is 15.2 Å². The Bertz CT molecular complexity index is 354. The van der Waals surface area contributed by atoms with Crippen LogP contribution in [0.4, 0.5) is 0 Å². The molecular formula is C9H12N4O. The maximum Gasteiger partial charge on any atom is 0.138 e. The van der Waals surface area contributed by atoms with Crippen molar-refractivity contribution in [3.63, 3.8) is 0 Å². The molecule has 2 aromatic heterocycles. The van der Waals surface area contributed by atoms with Crippen molar-refractivity contribution in [2.45, 2.75) is 19.5 Å². The van der Waals surface area contributed by atoms with Crippen molar-refractivity contribution in [2.75, 3.05) is 0 Å². The smallest absolute Gasteiger partial charge is 0.138 e. The van der Waals surface area contributed by atoms with Crippen LogP contribution in [-0.2, 0) is 6.54 Å². The van der Waals surface area contributed by atoms with Gasteiger partial charge in [-0.1, -0.05) is 0 Å². The third kappa shape index (κ3) is 2.00. The summed E-state index contributed by atoms with van der Waals surface area (Å²) in [5, 5.41) is 9.81. The summed E-state index contributed by atoms with van der Waals surface area (Å²) in [4.78, 5) is 4.01. The maximum absolute atomic E-state index is 5.26. The normalized spacial score (nSPS) is 12.9. The van der Waals surface area contributed by atoms with Crippen molar-refractivity contribution in [1.29, 1.82) is 0 Å². The molecule has 2 rings (SSSR count). The predicted molar refractivity (Wildman–Crippen MR) is 50.3 cm³/mol. The molecule has 2 heterocycles. The Balaban J connectivity index is 1.87. The molecule has 0 fully saturated rings. The summed E-state index contributed by atoms with van der Waals surface area (Å²) in [6, 6.07) is 4.00. The van der Waals surface area contributed by atoms with Gasteiger partial charge in [-0.05, 0) is 19.1 Å². The molecule has 14 heavy (non-hydrogen) atoms. The minimum absolute atomic E-state index is 0.176. The van der Waals surface area contributed by atoms with Crippen LogP contribution < -0.4 is 5.32 Å². The zero-order valence-corrected chi connectivity index (χ0v) is 7.90. The molecule has 0 aromatic carbocycles.